The van der Waals surface area contributed by atoms with Crippen molar-refractivity contribution in [3.05, 3.63) is 80.3 Å². The average Bonchev–Trinajstić information content (AvgIpc) is 3.00. The molecule has 3 aromatic rings. The zero-order valence-corrected chi connectivity index (χ0v) is 15.8. The second-order valence-corrected chi connectivity index (χ2v) is 8.00. The van der Waals surface area contributed by atoms with Crippen LogP contribution in [0, 0.1) is 0 Å². The molecule has 6 heteroatoms. The Hall–Kier alpha value is -2.57. The van der Waals surface area contributed by atoms with Gasteiger partial charge in [-0.3, -0.25) is 9.78 Å². The molecular formula is C21H21NO4S. The van der Waals surface area contributed by atoms with E-state index in [-0.39, 0.29) is 10.8 Å². The first-order valence-corrected chi connectivity index (χ1v) is 9.71. The van der Waals surface area contributed by atoms with Crippen LogP contribution in [0.1, 0.15) is 35.5 Å². The summed E-state index contributed by atoms with van der Waals surface area (Å²) < 4.78 is 12.5. The van der Waals surface area contributed by atoms with Gasteiger partial charge in [0.25, 0.3) is 0 Å². The number of hydrogen-bond donors (Lipinski definition) is 2. The van der Waals surface area contributed by atoms with Gasteiger partial charge in [0.1, 0.15) is 22.3 Å². The van der Waals surface area contributed by atoms with E-state index in [9.17, 15) is 9.90 Å². The fraction of sp³-hybridized carbons (Fsp3) is 0.286. The smallest absolute Gasteiger partial charge is 0.307 e. The second kappa shape index (κ2) is 7.21. The molecule has 140 valence electrons. The summed E-state index contributed by atoms with van der Waals surface area (Å²) in [4.78, 5) is 14.3. The number of ether oxygens (including phenoxy) is 2. The van der Waals surface area contributed by atoms with Crippen molar-refractivity contribution in [3.63, 3.8) is 0 Å². The predicted molar refractivity (Wildman–Crippen MR) is 105 cm³/mol. The van der Waals surface area contributed by atoms with Crippen LogP contribution in [0.25, 0.3) is 0 Å². The lowest BCUT2D eigenvalue weighted by Gasteiger charge is -2.36. The van der Waals surface area contributed by atoms with Crippen molar-refractivity contribution in [2.45, 2.75) is 31.5 Å². The Kier molecular flexibility index (Phi) is 4.76. The third-order valence-corrected chi connectivity index (χ3v) is 5.72. The molecule has 1 aromatic heterocycles. The molecule has 2 N–H and O–H groups in total. The molecule has 5 nitrogen and oxygen atoms in total. The van der Waals surface area contributed by atoms with E-state index in [1.165, 1.54) is 5.56 Å². The molecule has 0 radical (unpaired) electrons. The topological polar surface area (TPSA) is 71.6 Å². The Labute approximate surface area is 161 Å². The number of aryl methyl sites for hydroxylation is 1. The van der Waals surface area contributed by atoms with Gasteiger partial charge in [0.2, 0.25) is 5.88 Å². The first-order chi connectivity index (χ1) is 13.0. The minimum Gasteiger partial charge on any atom is -0.494 e. The highest BCUT2D eigenvalue weighted by molar-refractivity contribution is 7.09. The van der Waals surface area contributed by atoms with E-state index in [1.807, 2.05) is 55.5 Å². The Morgan fingerprint density at radius 1 is 1.22 bits per heavy atom. The number of aromatic hydroxyl groups is 1. The monoisotopic (exact) mass is 383 g/mol. The highest BCUT2D eigenvalue weighted by atomic mass is 32.1. The van der Waals surface area contributed by atoms with Gasteiger partial charge in [-0.05, 0) is 37.0 Å². The maximum Gasteiger partial charge on any atom is 0.307 e. The number of thiazole rings is 1. The van der Waals surface area contributed by atoms with Crippen LogP contribution in [0.5, 0.6) is 11.6 Å². The van der Waals surface area contributed by atoms with Crippen molar-refractivity contribution >= 4 is 11.3 Å². The summed E-state index contributed by atoms with van der Waals surface area (Å²) in [5.74, 6) is 0.749. The molecule has 1 aliphatic heterocycles. The van der Waals surface area contributed by atoms with Crippen LogP contribution < -0.4 is 9.61 Å². The molecule has 4 rings (SSSR count). The number of hydrogen-bond acceptors (Lipinski definition) is 5. The normalized spacial score (nSPS) is 19.9. The number of aromatic amines is 1. The third-order valence-electron chi connectivity index (χ3n) is 4.80. The predicted octanol–water partition coefficient (Wildman–Crippen LogP) is 4.03. The summed E-state index contributed by atoms with van der Waals surface area (Å²) in [5, 5.41) is 10.1. The number of H-pyrrole nitrogens is 1. The van der Waals surface area contributed by atoms with Gasteiger partial charge in [0.15, 0.2) is 0 Å². The summed E-state index contributed by atoms with van der Waals surface area (Å²) in [5.41, 5.74) is 1.61. The largest absolute Gasteiger partial charge is 0.494 e. The highest BCUT2D eigenvalue weighted by Crippen LogP contribution is 2.37. The minimum atomic E-state index is -0.534. The Balaban J connectivity index is 1.58. The summed E-state index contributed by atoms with van der Waals surface area (Å²) in [6.07, 6.45) is 1.23. The number of rotatable bonds is 5. The van der Waals surface area contributed by atoms with Gasteiger partial charge >= 0.3 is 4.87 Å². The molecule has 2 atom stereocenters. The van der Waals surface area contributed by atoms with Crippen molar-refractivity contribution in [2.75, 3.05) is 6.61 Å². The molecule has 0 saturated carbocycles. The first kappa shape index (κ1) is 17.8. The third kappa shape index (κ3) is 3.77. The number of para-hydroxylation sites is 1. The van der Waals surface area contributed by atoms with Crippen molar-refractivity contribution in [1.82, 2.24) is 4.98 Å². The molecule has 0 aliphatic carbocycles. The van der Waals surface area contributed by atoms with Crippen LogP contribution in [0.3, 0.4) is 0 Å². The van der Waals surface area contributed by atoms with Crippen LogP contribution in [0.2, 0.25) is 0 Å². The van der Waals surface area contributed by atoms with Crippen molar-refractivity contribution in [1.29, 1.82) is 0 Å². The van der Waals surface area contributed by atoms with Gasteiger partial charge in [-0.2, -0.15) is 0 Å². The van der Waals surface area contributed by atoms with Gasteiger partial charge in [-0.1, -0.05) is 59.9 Å². The fourth-order valence-electron chi connectivity index (χ4n) is 3.35. The van der Waals surface area contributed by atoms with Crippen molar-refractivity contribution in [2.24, 2.45) is 0 Å². The molecular weight excluding hydrogens is 362 g/mol. The Morgan fingerprint density at radius 2 is 1.96 bits per heavy atom. The van der Waals surface area contributed by atoms with E-state index in [0.717, 1.165) is 35.5 Å². The Bertz CT molecular complexity index is 981. The standard InChI is InChI=1S/C21H21NO4S/c1-21(12-11-14-7-5-6-10-16(14)26-21)13-25-17(15-8-3-2-4-9-15)18-19(23)22-20(24)27-18/h2-10,17,23H,11-13H2,1H3,(H,22,24). The molecule has 0 spiro atoms. The molecule has 0 saturated heterocycles. The van der Waals surface area contributed by atoms with E-state index in [1.54, 1.807) is 0 Å². The maximum absolute atomic E-state index is 11.7. The second-order valence-electron chi connectivity index (χ2n) is 6.99. The molecule has 0 bridgehead atoms. The number of fused-ring (bicyclic) bond motifs is 1. The van der Waals surface area contributed by atoms with Gasteiger partial charge in [0.05, 0.1) is 6.61 Å². The van der Waals surface area contributed by atoms with Crippen molar-refractivity contribution < 1.29 is 14.6 Å². The molecule has 0 fully saturated rings. The van der Waals surface area contributed by atoms with Gasteiger partial charge < -0.3 is 14.6 Å². The number of aromatic nitrogens is 1. The van der Waals surface area contributed by atoms with E-state index in [0.29, 0.717) is 11.5 Å². The zero-order valence-electron chi connectivity index (χ0n) is 15.0. The molecule has 2 heterocycles. The van der Waals surface area contributed by atoms with Crippen molar-refractivity contribution in [3.8, 4) is 11.6 Å². The first-order valence-electron chi connectivity index (χ1n) is 8.89. The van der Waals surface area contributed by atoms with Crippen LogP contribution in [-0.2, 0) is 11.2 Å². The minimum absolute atomic E-state index is 0.140. The average molecular weight is 383 g/mol. The van der Waals surface area contributed by atoms with E-state index >= 15 is 0 Å². The van der Waals surface area contributed by atoms with Gasteiger partial charge in [-0.25, -0.2) is 0 Å². The summed E-state index contributed by atoms with van der Waals surface area (Å²) in [7, 11) is 0. The van der Waals surface area contributed by atoms with Crippen LogP contribution in [0.4, 0.5) is 0 Å². The lowest BCUT2D eigenvalue weighted by molar-refractivity contribution is -0.0477. The van der Waals surface area contributed by atoms with Crippen LogP contribution in [0.15, 0.2) is 59.4 Å². The van der Waals surface area contributed by atoms with Gasteiger partial charge in [0, 0.05) is 0 Å². The van der Waals surface area contributed by atoms with E-state index in [4.69, 9.17) is 9.47 Å². The maximum atomic E-state index is 11.7. The SMILES string of the molecule is CC1(COC(c2ccccc2)c2sc(=O)[nH]c2O)CCc2ccccc2O1. The van der Waals surface area contributed by atoms with E-state index < -0.39 is 11.7 Å². The molecule has 1 aliphatic rings. The highest BCUT2D eigenvalue weighted by Gasteiger charge is 2.34. The zero-order chi connectivity index (χ0) is 18.9. The van der Waals surface area contributed by atoms with E-state index in [2.05, 4.69) is 11.1 Å². The molecule has 0 amide bonds. The van der Waals surface area contributed by atoms with Gasteiger partial charge in [-0.15, -0.1) is 0 Å². The van der Waals surface area contributed by atoms with Crippen LogP contribution >= 0.6 is 11.3 Å². The molecule has 2 unspecified atom stereocenters. The Morgan fingerprint density at radius 3 is 2.70 bits per heavy atom. The lowest BCUT2D eigenvalue weighted by Crippen LogP contribution is -2.41. The van der Waals surface area contributed by atoms with Crippen LogP contribution in [-0.4, -0.2) is 22.3 Å². The number of nitrogens with one attached hydrogen (secondary N) is 1. The fourth-order valence-corrected chi connectivity index (χ4v) is 4.15. The quantitative estimate of drug-likeness (QED) is 0.698. The summed E-state index contributed by atoms with van der Waals surface area (Å²) in [6, 6.07) is 17.6. The summed E-state index contributed by atoms with van der Waals surface area (Å²) >= 11 is 0.964. The molecule has 2 aromatic carbocycles. The number of benzene rings is 2. The molecule has 27 heavy (non-hydrogen) atoms. The lowest BCUT2D eigenvalue weighted by atomic mass is 9.93. The summed E-state index contributed by atoms with van der Waals surface area (Å²) in [6.45, 7) is 2.37.